The maximum atomic E-state index is 13.7. The second-order valence-electron chi connectivity index (χ2n) is 21.3. The Morgan fingerprint density at radius 3 is 2.26 bits per heavy atom. The fourth-order valence-electron chi connectivity index (χ4n) is 11.8. The molecule has 11 rings (SSSR count). The third kappa shape index (κ3) is 11.0. The Labute approximate surface area is 452 Å². The average Bonchev–Trinajstić information content (AvgIpc) is 4.02. The molecule has 396 valence electrons. The van der Waals surface area contributed by atoms with Crippen LogP contribution in [0.25, 0.3) is 22.3 Å². The van der Waals surface area contributed by atoms with Gasteiger partial charge in [0.2, 0.25) is 17.8 Å². The van der Waals surface area contributed by atoms with E-state index in [2.05, 4.69) is 91.9 Å². The van der Waals surface area contributed by atoms with Gasteiger partial charge in [-0.05, 0) is 133 Å². The summed E-state index contributed by atoms with van der Waals surface area (Å²) in [6, 6.07) is 26.4. The highest BCUT2D eigenvalue weighted by atomic mass is 79.9. The summed E-state index contributed by atoms with van der Waals surface area (Å²) >= 11 is 3.65. The van der Waals surface area contributed by atoms with E-state index in [1.54, 1.807) is 31.5 Å². The Morgan fingerprint density at radius 2 is 1.55 bits per heavy atom. The number of piperidine rings is 3. The van der Waals surface area contributed by atoms with Crippen LogP contribution < -0.4 is 35.8 Å². The third-order valence-corrected chi connectivity index (χ3v) is 18.1. The number of likely N-dealkylation sites (tertiary alicyclic amines) is 1. The third-order valence-electron chi connectivity index (χ3n) is 16.0. The predicted molar refractivity (Wildman–Crippen MR) is 303 cm³/mol. The Kier molecular flexibility index (Phi) is 14.8. The van der Waals surface area contributed by atoms with Crippen molar-refractivity contribution < 1.29 is 23.7 Å². The van der Waals surface area contributed by atoms with Gasteiger partial charge in [0.05, 0.1) is 29.2 Å². The maximum Gasteiger partial charge on any atom is 0.255 e. The van der Waals surface area contributed by atoms with Crippen LogP contribution in [-0.2, 0) is 27.7 Å². The molecule has 0 radical (unpaired) electrons. The van der Waals surface area contributed by atoms with E-state index >= 15 is 0 Å². The smallest absolute Gasteiger partial charge is 0.255 e. The zero-order chi connectivity index (χ0) is 52.7. The van der Waals surface area contributed by atoms with Crippen LogP contribution in [0.15, 0.2) is 102 Å². The van der Waals surface area contributed by atoms with Crippen LogP contribution in [0.5, 0.6) is 5.75 Å². The number of imide groups is 1. The summed E-state index contributed by atoms with van der Waals surface area (Å²) < 4.78 is 22.3. The van der Waals surface area contributed by atoms with Crippen LogP contribution >= 0.6 is 23.1 Å². The maximum absolute atomic E-state index is 13.7. The lowest BCUT2D eigenvalue weighted by Gasteiger charge is -2.44. The van der Waals surface area contributed by atoms with E-state index in [0.29, 0.717) is 58.2 Å². The summed E-state index contributed by atoms with van der Waals surface area (Å²) in [4.78, 5) is 59.0. The topological polar surface area (TPSA) is 173 Å². The van der Waals surface area contributed by atoms with E-state index in [1.165, 1.54) is 12.8 Å². The van der Waals surface area contributed by atoms with E-state index in [-0.39, 0.29) is 24.1 Å². The summed E-state index contributed by atoms with van der Waals surface area (Å²) in [6.45, 7) is 13.1. The van der Waals surface area contributed by atoms with Crippen molar-refractivity contribution in [3.8, 4) is 28.0 Å². The number of halogens is 1. The number of benzene rings is 4. The number of nitrogens with zero attached hydrogens (tertiary/aromatic N) is 9. The highest BCUT2D eigenvalue weighted by Gasteiger charge is 2.40. The van der Waals surface area contributed by atoms with E-state index in [4.69, 9.17) is 9.72 Å². The molecule has 0 bridgehead atoms. The number of methoxy groups -OCH3 is 1. The predicted octanol–water partition coefficient (Wildman–Crippen LogP) is 8.31. The van der Waals surface area contributed by atoms with Gasteiger partial charge in [-0.1, -0.05) is 36.4 Å². The lowest BCUT2D eigenvalue weighted by molar-refractivity contribution is -0.136. The molecule has 3 N–H and O–H groups in total. The monoisotopic (exact) mass is 1110 g/mol. The number of hydrogen-bond donors (Lipinski definition) is 3. The molecule has 19 heteroatoms. The number of carbonyl (C=O) groups is 3. The van der Waals surface area contributed by atoms with Crippen molar-refractivity contribution in [3.63, 3.8) is 0 Å². The number of fused-ring (bicyclic) bond motifs is 1. The fraction of sp³-hybridized carbons (Fsp3) is 0.404. The standard InChI is InChI=1S/C57H66BrN12O5P/c1-65-35-41(32-60-65)45-30-48(62-57-59-33-46(58)54(64-57)61-47-13-10-39(29-52(47)76(3,4)74)38-8-6-5-7-9-38)51(75-2)31-50(45)69-22-18-42(19-23-69)67-20-16-37(17-21-67)34-66-24-26-68(27-25-66)43-11-12-44-40(28-43)36-70(56(44)73)49-14-15-53(71)63-55(49)72/h5-13,28-33,35,37,42,49H,14-27,34,36H2,1-4H3,(H,63,71,72)(H2,59,61,62,64)/t49-/m1/s1. The van der Waals surface area contributed by atoms with Gasteiger partial charge in [-0.3, -0.25) is 29.3 Å². The molecule has 4 fully saturated rings. The van der Waals surface area contributed by atoms with Gasteiger partial charge in [0.1, 0.15) is 24.8 Å². The molecular formula is C57H66BrN12O5P. The number of ether oxygens (including phenoxy) is 1. The first kappa shape index (κ1) is 51.5. The Balaban J connectivity index is 0.696. The van der Waals surface area contributed by atoms with Gasteiger partial charge in [0.15, 0.2) is 0 Å². The van der Waals surface area contributed by atoms with Crippen LogP contribution in [0.4, 0.5) is 34.5 Å². The summed E-state index contributed by atoms with van der Waals surface area (Å²) in [7, 11) is 0.923. The summed E-state index contributed by atoms with van der Waals surface area (Å²) in [5.41, 5.74) is 9.36. The minimum Gasteiger partial charge on any atom is -0.494 e. The molecule has 1 atom stereocenters. The quantitative estimate of drug-likeness (QED) is 0.0702. The lowest BCUT2D eigenvalue weighted by atomic mass is 9.92. The normalized spacial score (nSPS) is 19.2. The molecule has 4 aromatic carbocycles. The molecule has 0 aliphatic carbocycles. The van der Waals surface area contributed by atoms with Crippen LogP contribution in [0.3, 0.4) is 0 Å². The zero-order valence-corrected chi connectivity index (χ0v) is 46.2. The highest BCUT2D eigenvalue weighted by Crippen LogP contribution is 2.43. The Morgan fingerprint density at radius 1 is 0.776 bits per heavy atom. The highest BCUT2D eigenvalue weighted by molar-refractivity contribution is 9.10. The summed E-state index contributed by atoms with van der Waals surface area (Å²) in [6.07, 6.45) is 10.9. The number of aryl methyl sites for hydroxylation is 1. The second kappa shape index (κ2) is 21.8. The number of piperazine rings is 1. The number of amides is 3. The molecule has 0 spiro atoms. The first-order valence-corrected chi connectivity index (χ1v) is 29.9. The van der Waals surface area contributed by atoms with Crippen molar-refractivity contribution >= 4 is 80.6 Å². The molecule has 6 aromatic rings. The van der Waals surface area contributed by atoms with Crippen molar-refractivity contribution in [2.45, 2.75) is 57.2 Å². The number of carbonyl (C=O) groups excluding carboxylic acids is 3. The van der Waals surface area contributed by atoms with E-state index in [9.17, 15) is 18.9 Å². The molecule has 76 heavy (non-hydrogen) atoms. The number of hydrogen-bond acceptors (Lipinski definition) is 14. The van der Waals surface area contributed by atoms with Crippen molar-refractivity contribution in [2.75, 3.05) is 99.8 Å². The van der Waals surface area contributed by atoms with Crippen LogP contribution in [0.1, 0.15) is 54.4 Å². The molecule has 17 nitrogen and oxygen atoms in total. The SMILES string of the molecule is COc1cc(N2CCC(N3CCC(CN4CCN(c5ccc6c(c5)CN([C@@H]5CCC(=O)NC5=O)C6=O)CC4)CC3)CC2)c(-c2cnn(C)c2)cc1Nc1ncc(Br)c(Nc2ccc(-c3ccccc3)cc2P(C)(C)=O)n1. The first-order chi connectivity index (χ1) is 36.7. The van der Waals surface area contributed by atoms with Gasteiger partial charge >= 0.3 is 0 Å². The molecule has 5 aliphatic rings. The minimum absolute atomic E-state index is 0.131. The molecule has 2 aromatic heterocycles. The van der Waals surface area contributed by atoms with Crippen LogP contribution in [-0.4, -0.2) is 144 Å². The largest absolute Gasteiger partial charge is 0.494 e. The van der Waals surface area contributed by atoms with Gasteiger partial charge < -0.3 is 39.5 Å². The first-order valence-electron chi connectivity index (χ1n) is 26.5. The second-order valence-corrected chi connectivity index (χ2v) is 25.3. The van der Waals surface area contributed by atoms with Crippen molar-refractivity contribution in [1.29, 1.82) is 0 Å². The van der Waals surface area contributed by atoms with Crippen LogP contribution in [0, 0.1) is 5.92 Å². The van der Waals surface area contributed by atoms with E-state index in [1.807, 2.05) is 72.7 Å². The molecule has 3 amide bonds. The van der Waals surface area contributed by atoms with E-state index < -0.39 is 13.2 Å². The fourth-order valence-corrected chi connectivity index (χ4v) is 13.3. The molecule has 0 unspecified atom stereocenters. The van der Waals surface area contributed by atoms with Crippen LogP contribution in [0.2, 0.25) is 0 Å². The molecular weight excluding hydrogens is 1040 g/mol. The minimum atomic E-state index is -2.70. The van der Waals surface area contributed by atoms with Crippen molar-refractivity contribution in [2.24, 2.45) is 13.0 Å². The van der Waals surface area contributed by atoms with Gasteiger partial charge in [0, 0.05) is 124 Å². The molecule has 5 aliphatic heterocycles. The summed E-state index contributed by atoms with van der Waals surface area (Å²) in [5, 5.41) is 14.6. The van der Waals surface area contributed by atoms with Crippen molar-refractivity contribution in [1.82, 2.24) is 39.8 Å². The van der Waals surface area contributed by atoms with Gasteiger partial charge in [0.25, 0.3) is 5.91 Å². The number of anilines is 6. The number of nitrogens with one attached hydrogen (secondary N) is 3. The number of aromatic nitrogens is 4. The zero-order valence-electron chi connectivity index (χ0n) is 43.7. The van der Waals surface area contributed by atoms with E-state index in [0.717, 1.165) is 122 Å². The van der Waals surface area contributed by atoms with Crippen molar-refractivity contribution in [3.05, 3.63) is 113 Å². The molecule has 4 saturated heterocycles. The van der Waals surface area contributed by atoms with Gasteiger partial charge in [-0.15, -0.1) is 0 Å². The molecule has 7 heterocycles. The Hall–Kier alpha value is -6.59. The summed E-state index contributed by atoms with van der Waals surface area (Å²) in [5.74, 6) is 1.47. The molecule has 0 saturated carbocycles. The average molecular weight is 1110 g/mol. The lowest BCUT2D eigenvalue weighted by Crippen LogP contribution is -2.52. The van der Waals surface area contributed by atoms with Gasteiger partial charge in [-0.25, -0.2) is 4.98 Å². The Bertz CT molecular complexity index is 3200. The van der Waals surface area contributed by atoms with Gasteiger partial charge in [-0.2, -0.15) is 10.1 Å². The number of rotatable bonds is 14.